The molecule has 0 bridgehead atoms. The lowest BCUT2D eigenvalue weighted by atomic mass is 9.93. The first kappa shape index (κ1) is 14.4. The van der Waals surface area contributed by atoms with Crippen LogP contribution < -0.4 is 5.32 Å². The van der Waals surface area contributed by atoms with Gasteiger partial charge < -0.3 is 5.32 Å². The van der Waals surface area contributed by atoms with Crippen LogP contribution in [-0.2, 0) is 0 Å². The van der Waals surface area contributed by atoms with Crippen molar-refractivity contribution in [1.29, 1.82) is 0 Å². The van der Waals surface area contributed by atoms with E-state index < -0.39 is 0 Å². The largest absolute Gasteiger partial charge is 0.324 e. The van der Waals surface area contributed by atoms with Crippen molar-refractivity contribution in [2.75, 3.05) is 5.32 Å². The SMILES string of the molecule is CC(C)CCC(C)c1ccc(Nc2ncncn2)cc1. The zero-order valence-corrected chi connectivity index (χ0v) is 12.4. The highest BCUT2D eigenvalue weighted by molar-refractivity contribution is 5.53. The standard InChI is InChI=1S/C16H22N4/c1-12(2)4-5-13(3)14-6-8-15(9-7-14)20-16-18-10-17-11-19-16/h6-13H,4-5H2,1-3H3,(H,17,18,19,20). The first-order valence-corrected chi connectivity index (χ1v) is 7.14. The molecular formula is C16H22N4. The zero-order chi connectivity index (χ0) is 14.4. The van der Waals surface area contributed by atoms with Crippen molar-refractivity contribution < 1.29 is 0 Å². The molecule has 1 unspecified atom stereocenters. The van der Waals surface area contributed by atoms with Crippen LogP contribution in [0, 0.1) is 5.92 Å². The van der Waals surface area contributed by atoms with Crippen LogP contribution in [0.4, 0.5) is 11.6 Å². The second kappa shape index (κ2) is 6.98. The molecule has 2 rings (SSSR count). The van der Waals surface area contributed by atoms with Crippen LogP contribution >= 0.6 is 0 Å². The lowest BCUT2D eigenvalue weighted by Gasteiger charge is -2.14. The maximum Gasteiger partial charge on any atom is 0.230 e. The van der Waals surface area contributed by atoms with Gasteiger partial charge in [-0.3, -0.25) is 0 Å². The molecule has 1 aromatic carbocycles. The smallest absolute Gasteiger partial charge is 0.230 e. The van der Waals surface area contributed by atoms with Gasteiger partial charge in [0.25, 0.3) is 0 Å². The first-order chi connectivity index (χ1) is 9.65. The van der Waals surface area contributed by atoms with Gasteiger partial charge >= 0.3 is 0 Å². The Morgan fingerprint density at radius 3 is 2.20 bits per heavy atom. The Morgan fingerprint density at radius 2 is 1.60 bits per heavy atom. The van der Waals surface area contributed by atoms with Crippen molar-refractivity contribution in [1.82, 2.24) is 15.0 Å². The van der Waals surface area contributed by atoms with E-state index in [4.69, 9.17) is 0 Å². The molecule has 0 saturated heterocycles. The fraction of sp³-hybridized carbons (Fsp3) is 0.438. The van der Waals surface area contributed by atoms with Crippen molar-refractivity contribution in [3.05, 3.63) is 42.5 Å². The molecular weight excluding hydrogens is 248 g/mol. The quantitative estimate of drug-likeness (QED) is 0.856. The van der Waals surface area contributed by atoms with Crippen molar-refractivity contribution in [2.45, 2.75) is 39.5 Å². The number of aromatic nitrogens is 3. The number of nitrogens with one attached hydrogen (secondary N) is 1. The number of nitrogens with zero attached hydrogens (tertiary/aromatic N) is 3. The Hall–Kier alpha value is -1.97. The average molecular weight is 270 g/mol. The van der Waals surface area contributed by atoms with Gasteiger partial charge in [0.15, 0.2) is 0 Å². The van der Waals surface area contributed by atoms with Crippen LogP contribution in [0.1, 0.15) is 45.1 Å². The van der Waals surface area contributed by atoms with E-state index in [0.29, 0.717) is 11.9 Å². The molecule has 1 atom stereocenters. The maximum atomic E-state index is 4.05. The Balaban J connectivity index is 1.96. The van der Waals surface area contributed by atoms with Crippen molar-refractivity contribution in [3.63, 3.8) is 0 Å². The molecule has 0 aliphatic rings. The minimum absolute atomic E-state index is 0.570. The van der Waals surface area contributed by atoms with E-state index in [1.165, 1.54) is 31.1 Å². The second-order valence-corrected chi connectivity index (χ2v) is 5.58. The van der Waals surface area contributed by atoms with Gasteiger partial charge in [-0.1, -0.05) is 39.3 Å². The minimum atomic E-state index is 0.570. The summed E-state index contributed by atoms with van der Waals surface area (Å²) in [5.74, 6) is 1.94. The number of benzene rings is 1. The number of hydrogen-bond acceptors (Lipinski definition) is 4. The van der Waals surface area contributed by atoms with E-state index in [-0.39, 0.29) is 0 Å². The highest BCUT2D eigenvalue weighted by Crippen LogP contribution is 2.24. The second-order valence-electron chi connectivity index (χ2n) is 5.58. The number of rotatable bonds is 6. The third-order valence-electron chi connectivity index (χ3n) is 3.41. The van der Waals surface area contributed by atoms with E-state index in [0.717, 1.165) is 11.6 Å². The summed E-state index contributed by atoms with van der Waals surface area (Å²) in [4.78, 5) is 11.9. The summed E-state index contributed by atoms with van der Waals surface area (Å²) in [7, 11) is 0. The molecule has 0 spiro atoms. The molecule has 4 nitrogen and oxygen atoms in total. The molecule has 0 radical (unpaired) electrons. The van der Waals surface area contributed by atoms with Gasteiger partial charge in [-0.15, -0.1) is 0 Å². The fourth-order valence-corrected chi connectivity index (χ4v) is 2.08. The van der Waals surface area contributed by atoms with E-state index >= 15 is 0 Å². The summed E-state index contributed by atoms with van der Waals surface area (Å²) in [5, 5.41) is 3.16. The summed E-state index contributed by atoms with van der Waals surface area (Å²) < 4.78 is 0. The van der Waals surface area contributed by atoms with E-state index in [2.05, 4.69) is 65.3 Å². The Morgan fingerprint density at radius 1 is 0.950 bits per heavy atom. The molecule has 0 fully saturated rings. The van der Waals surface area contributed by atoms with E-state index in [1.807, 2.05) is 0 Å². The normalized spacial score (nSPS) is 12.4. The average Bonchev–Trinajstić information content (AvgIpc) is 2.46. The summed E-state index contributed by atoms with van der Waals surface area (Å²) in [5.41, 5.74) is 2.38. The molecule has 1 heterocycles. The molecule has 0 aliphatic carbocycles. The van der Waals surface area contributed by atoms with Gasteiger partial charge in [0, 0.05) is 5.69 Å². The van der Waals surface area contributed by atoms with Crippen LogP contribution in [0.5, 0.6) is 0 Å². The molecule has 4 heteroatoms. The van der Waals surface area contributed by atoms with Crippen LogP contribution in [-0.4, -0.2) is 15.0 Å². The van der Waals surface area contributed by atoms with Gasteiger partial charge in [-0.2, -0.15) is 0 Å². The van der Waals surface area contributed by atoms with E-state index in [1.54, 1.807) is 0 Å². The van der Waals surface area contributed by atoms with Gasteiger partial charge in [0.2, 0.25) is 5.95 Å². The summed E-state index contributed by atoms with van der Waals surface area (Å²) in [6, 6.07) is 8.50. The minimum Gasteiger partial charge on any atom is -0.324 e. The van der Waals surface area contributed by atoms with Gasteiger partial charge in [0.05, 0.1) is 0 Å². The van der Waals surface area contributed by atoms with E-state index in [9.17, 15) is 0 Å². The molecule has 0 amide bonds. The van der Waals surface area contributed by atoms with Crippen LogP contribution in [0.15, 0.2) is 36.9 Å². The summed E-state index contributed by atoms with van der Waals surface area (Å²) in [6.07, 6.45) is 5.47. The Bertz CT molecular complexity index is 508. The highest BCUT2D eigenvalue weighted by atomic mass is 15.1. The lowest BCUT2D eigenvalue weighted by molar-refractivity contribution is 0.517. The molecule has 1 N–H and O–H groups in total. The lowest BCUT2D eigenvalue weighted by Crippen LogP contribution is -1.99. The van der Waals surface area contributed by atoms with Crippen molar-refractivity contribution in [2.24, 2.45) is 5.92 Å². The fourth-order valence-electron chi connectivity index (χ4n) is 2.08. The summed E-state index contributed by atoms with van der Waals surface area (Å²) in [6.45, 7) is 6.83. The molecule has 1 aromatic heterocycles. The first-order valence-electron chi connectivity index (χ1n) is 7.14. The number of hydrogen-bond donors (Lipinski definition) is 1. The third-order valence-corrected chi connectivity index (χ3v) is 3.41. The Kier molecular flexibility index (Phi) is 5.04. The van der Waals surface area contributed by atoms with Crippen LogP contribution in [0.2, 0.25) is 0 Å². The highest BCUT2D eigenvalue weighted by Gasteiger charge is 2.07. The molecule has 2 aromatic rings. The number of anilines is 2. The van der Waals surface area contributed by atoms with Gasteiger partial charge in [-0.05, 0) is 36.0 Å². The monoisotopic (exact) mass is 270 g/mol. The summed E-state index contributed by atoms with van der Waals surface area (Å²) >= 11 is 0. The molecule has 0 aliphatic heterocycles. The van der Waals surface area contributed by atoms with Crippen molar-refractivity contribution >= 4 is 11.6 Å². The zero-order valence-electron chi connectivity index (χ0n) is 12.4. The van der Waals surface area contributed by atoms with Gasteiger partial charge in [0.1, 0.15) is 12.7 Å². The van der Waals surface area contributed by atoms with Crippen molar-refractivity contribution in [3.8, 4) is 0 Å². The predicted octanol–water partition coefficient (Wildman–Crippen LogP) is 4.15. The van der Waals surface area contributed by atoms with Crippen LogP contribution in [0.25, 0.3) is 0 Å². The topological polar surface area (TPSA) is 50.7 Å². The van der Waals surface area contributed by atoms with Gasteiger partial charge in [-0.25, -0.2) is 15.0 Å². The predicted molar refractivity (Wildman–Crippen MR) is 82.0 cm³/mol. The molecule has 106 valence electrons. The van der Waals surface area contributed by atoms with Crippen LogP contribution in [0.3, 0.4) is 0 Å². The molecule has 0 saturated carbocycles. The molecule has 20 heavy (non-hydrogen) atoms. The third kappa shape index (κ3) is 4.30. The Labute approximate surface area is 120 Å². The maximum absolute atomic E-state index is 4.05.